The Morgan fingerprint density at radius 1 is 1.14 bits per heavy atom. The highest BCUT2D eigenvalue weighted by Gasteiger charge is 2.39. The van der Waals surface area contributed by atoms with E-state index in [1.54, 1.807) is 0 Å². The van der Waals surface area contributed by atoms with Gasteiger partial charge in [-0.3, -0.25) is 0 Å². The van der Waals surface area contributed by atoms with Crippen molar-refractivity contribution in [3.63, 3.8) is 0 Å². The van der Waals surface area contributed by atoms with E-state index in [9.17, 15) is 15.3 Å². The van der Waals surface area contributed by atoms with Crippen LogP contribution in [0, 0.1) is 0 Å². The summed E-state index contributed by atoms with van der Waals surface area (Å²) >= 11 is 0. The lowest BCUT2D eigenvalue weighted by atomic mass is 10.0. The first kappa shape index (κ1) is 18.6. The van der Waals surface area contributed by atoms with Gasteiger partial charge in [0.2, 0.25) is 0 Å². The monoisotopic (exact) mass is 302 g/mol. The van der Waals surface area contributed by atoms with Gasteiger partial charge in [-0.25, -0.2) is 0 Å². The molecule has 1 fully saturated rings. The first-order valence-corrected chi connectivity index (χ1v) is 8.05. The molecule has 5 heteroatoms. The maximum Gasteiger partial charge on any atom is 0.114 e. The summed E-state index contributed by atoms with van der Waals surface area (Å²) in [6.45, 7) is 2.46. The van der Waals surface area contributed by atoms with Gasteiger partial charge in [0, 0.05) is 0 Å². The molecular formula is C16H30O5. The van der Waals surface area contributed by atoms with E-state index in [0.29, 0.717) is 6.61 Å². The van der Waals surface area contributed by atoms with E-state index in [-0.39, 0.29) is 13.2 Å². The molecule has 1 rings (SSSR count). The van der Waals surface area contributed by atoms with Crippen molar-refractivity contribution in [1.82, 2.24) is 0 Å². The van der Waals surface area contributed by atoms with Gasteiger partial charge in [-0.05, 0) is 19.3 Å². The molecule has 1 saturated heterocycles. The number of aliphatic hydroxyl groups is 3. The van der Waals surface area contributed by atoms with Crippen molar-refractivity contribution < 1.29 is 24.8 Å². The Hall–Kier alpha value is -0.460. The fourth-order valence-corrected chi connectivity index (χ4v) is 2.41. The van der Waals surface area contributed by atoms with Crippen LogP contribution in [0.1, 0.15) is 45.4 Å². The molecule has 1 heterocycles. The third-order valence-corrected chi connectivity index (χ3v) is 3.74. The van der Waals surface area contributed by atoms with Crippen LogP contribution < -0.4 is 0 Å². The van der Waals surface area contributed by atoms with Crippen molar-refractivity contribution >= 4 is 0 Å². The topological polar surface area (TPSA) is 79.2 Å². The minimum Gasteiger partial charge on any atom is -0.394 e. The molecule has 0 amide bonds. The van der Waals surface area contributed by atoms with Gasteiger partial charge in [0.1, 0.15) is 24.4 Å². The fraction of sp³-hybridized carbons (Fsp3) is 0.875. The maximum atomic E-state index is 9.88. The summed E-state index contributed by atoms with van der Waals surface area (Å²) in [6, 6.07) is 0. The summed E-state index contributed by atoms with van der Waals surface area (Å²) in [5.41, 5.74) is 0. The molecular weight excluding hydrogens is 272 g/mol. The molecule has 1 aliphatic rings. The fourth-order valence-electron chi connectivity index (χ4n) is 2.41. The highest BCUT2D eigenvalue weighted by molar-refractivity contribution is 4.88. The van der Waals surface area contributed by atoms with E-state index < -0.39 is 24.4 Å². The Morgan fingerprint density at radius 2 is 1.90 bits per heavy atom. The van der Waals surface area contributed by atoms with Crippen molar-refractivity contribution in [2.45, 2.75) is 69.9 Å². The molecule has 0 aromatic rings. The predicted molar refractivity (Wildman–Crippen MR) is 81.1 cm³/mol. The van der Waals surface area contributed by atoms with Gasteiger partial charge in [-0.2, -0.15) is 0 Å². The van der Waals surface area contributed by atoms with Crippen LogP contribution in [0.2, 0.25) is 0 Å². The van der Waals surface area contributed by atoms with E-state index in [4.69, 9.17) is 9.47 Å². The summed E-state index contributed by atoms with van der Waals surface area (Å²) in [5.74, 6) is 0. The van der Waals surface area contributed by atoms with Crippen LogP contribution in [-0.2, 0) is 9.47 Å². The van der Waals surface area contributed by atoms with E-state index in [2.05, 4.69) is 19.1 Å². The molecule has 0 aliphatic carbocycles. The summed E-state index contributed by atoms with van der Waals surface area (Å²) in [4.78, 5) is 0. The molecule has 21 heavy (non-hydrogen) atoms. The van der Waals surface area contributed by atoms with Crippen molar-refractivity contribution in [2.24, 2.45) is 0 Å². The van der Waals surface area contributed by atoms with Gasteiger partial charge in [0.05, 0.1) is 19.8 Å². The van der Waals surface area contributed by atoms with Crippen molar-refractivity contribution in [1.29, 1.82) is 0 Å². The van der Waals surface area contributed by atoms with Crippen LogP contribution in [0.15, 0.2) is 12.2 Å². The number of ether oxygens (including phenoxy) is 2. The second-order valence-electron chi connectivity index (χ2n) is 5.56. The molecule has 0 unspecified atom stereocenters. The predicted octanol–water partition coefficient (Wildman–Crippen LogP) is 1.40. The normalized spacial score (nSPS) is 30.1. The highest BCUT2D eigenvalue weighted by atomic mass is 16.6. The minimum atomic E-state index is -1.01. The second kappa shape index (κ2) is 11.2. The van der Waals surface area contributed by atoms with Crippen LogP contribution in [-0.4, -0.2) is 59.6 Å². The van der Waals surface area contributed by atoms with Crippen LogP contribution in [0.5, 0.6) is 0 Å². The number of unbranched alkanes of at least 4 members (excludes halogenated alkanes) is 4. The zero-order valence-electron chi connectivity index (χ0n) is 13.0. The zero-order valence-corrected chi connectivity index (χ0v) is 13.0. The van der Waals surface area contributed by atoms with Crippen molar-refractivity contribution in [2.75, 3.05) is 19.8 Å². The molecule has 0 radical (unpaired) electrons. The van der Waals surface area contributed by atoms with Crippen molar-refractivity contribution in [3.05, 3.63) is 12.2 Å². The third-order valence-electron chi connectivity index (χ3n) is 3.74. The SMILES string of the molecule is CCCCCC/C=C/CCO[C@H]1[C@H](O)[C@@H](O)CO[C@@H]1CO. The molecule has 4 atom stereocenters. The number of aliphatic hydroxyl groups excluding tert-OH is 3. The van der Waals surface area contributed by atoms with Gasteiger partial charge in [-0.1, -0.05) is 38.3 Å². The van der Waals surface area contributed by atoms with E-state index in [0.717, 1.165) is 12.8 Å². The average molecular weight is 302 g/mol. The lowest BCUT2D eigenvalue weighted by Crippen LogP contribution is -2.55. The molecule has 124 valence electrons. The molecule has 0 aromatic carbocycles. The Bertz CT molecular complexity index is 280. The third kappa shape index (κ3) is 6.89. The Morgan fingerprint density at radius 3 is 2.62 bits per heavy atom. The number of rotatable bonds is 10. The number of allylic oxidation sites excluding steroid dienone is 1. The van der Waals surface area contributed by atoms with E-state index in [1.165, 1.54) is 25.7 Å². The minimum absolute atomic E-state index is 0.0317. The Balaban J connectivity index is 2.16. The van der Waals surface area contributed by atoms with E-state index >= 15 is 0 Å². The van der Waals surface area contributed by atoms with Crippen LogP contribution in [0.25, 0.3) is 0 Å². The van der Waals surface area contributed by atoms with Crippen LogP contribution in [0.3, 0.4) is 0 Å². The maximum absolute atomic E-state index is 9.88. The number of hydrogen-bond donors (Lipinski definition) is 3. The standard InChI is InChI=1S/C16H30O5/c1-2-3-4-5-6-7-8-9-10-20-16-14(11-17)21-12-13(18)15(16)19/h7-8,13-19H,2-6,9-12H2,1H3/b8-7+/t13-,14+,15+,16+/m0/s1. The Kier molecular flexibility index (Phi) is 9.87. The second-order valence-corrected chi connectivity index (χ2v) is 5.56. The molecule has 3 N–H and O–H groups in total. The quantitative estimate of drug-likeness (QED) is 0.420. The van der Waals surface area contributed by atoms with Gasteiger partial charge in [0.15, 0.2) is 0 Å². The van der Waals surface area contributed by atoms with Gasteiger partial charge >= 0.3 is 0 Å². The molecule has 0 aromatic heterocycles. The average Bonchev–Trinajstić information content (AvgIpc) is 2.49. The zero-order chi connectivity index (χ0) is 15.5. The smallest absolute Gasteiger partial charge is 0.114 e. The summed E-state index contributed by atoms with van der Waals surface area (Å²) in [7, 11) is 0. The highest BCUT2D eigenvalue weighted by Crippen LogP contribution is 2.18. The van der Waals surface area contributed by atoms with Gasteiger partial charge < -0.3 is 24.8 Å². The molecule has 0 bridgehead atoms. The summed E-state index contributed by atoms with van der Waals surface area (Å²) in [6.07, 6.45) is 7.93. The lowest BCUT2D eigenvalue weighted by molar-refractivity contribution is -0.211. The first-order chi connectivity index (χ1) is 10.2. The molecule has 5 nitrogen and oxygen atoms in total. The van der Waals surface area contributed by atoms with E-state index in [1.807, 2.05) is 0 Å². The summed E-state index contributed by atoms with van der Waals surface area (Å²) < 4.78 is 10.8. The van der Waals surface area contributed by atoms with Crippen molar-refractivity contribution in [3.8, 4) is 0 Å². The summed E-state index contributed by atoms with van der Waals surface area (Å²) in [5, 5.41) is 28.6. The number of hydrogen-bond acceptors (Lipinski definition) is 5. The molecule has 1 aliphatic heterocycles. The lowest BCUT2D eigenvalue weighted by Gasteiger charge is -2.37. The van der Waals surface area contributed by atoms with Crippen LogP contribution in [0.4, 0.5) is 0 Å². The molecule has 0 spiro atoms. The first-order valence-electron chi connectivity index (χ1n) is 8.05. The van der Waals surface area contributed by atoms with Crippen LogP contribution >= 0.6 is 0 Å². The largest absolute Gasteiger partial charge is 0.394 e. The Labute approximate surface area is 127 Å². The van der Waals surface area contributed by atoms with Gasteiger partial charge in [0.25, 0.3) is 0 Å². The molecule has 0 saturated carbocycles. The van der Waals surface area contributed by atoms with Gasteiger partial charge in [-0.15, -0.1) is 0 Å².